The predicted octanol–water partition coefficient (Wildman–Crippen LogP) is 1.95. The highest BCUT2D eigenvalue weighted by molar-refractivity contribution is 5.73. The predicted molar refractivity (Wildman–Crippen MR) is 58.4 cm³/mol. The van der Waals surface area contributed by atoms with Crippen LogP contribution in [0.25, 0.3) is 0 Å². The molecule has 0 aliphatic carbocycles. The molecule has 3 nitrogen and oxygen atoms in total. The van der Waals surface area contributed by atoms with Gasteiger partial charge in [-0.2, -0.15) is 4.39 Å². The summed E-state index contributed by atoms with van der Waals surface area (Å²) in [4.78, 5) is 16.7. The zero-order valence-electron chi connectivity index (χ0n) is 9.32. The summed E-state index contributed by atoms with van der Waals surface area (Å²) in [5.74, 6) is -0.252. The van der Waals surface area contributed by atoms with E-state index in [-0.39, 0.29) is 11.8 Å². The smallest absolute Gasteiger partial charge is 0.219 e. The van der Waals surface area contributed by atoms with E-state index in [9.17, 15) is 9.18 Å². The molecule has 4 heteroatoms. The fourth-order valence-corrected chi connectivity index (χ4v) is 2.22. The third-order valence-electron chi connectivity index (χ3n) is 3.09. The summed E-state index contributed by atoms with van der Waals surface area (Å²) in [7, 11) is 0. The van der Waals surface area contributed by atoms with Gasteiger partial charge in [0.2, 0.25) is 11.9 Å². The molecule has 1 amide bonds. The number of carbonyl (C=O) groups excluding carboxylic acids is 1. The van der Waals surface area contributed by atoms with E-state index >= 15 is 0 Å². The van der Waals surface area contributed by atoms with Crippen LogP contribution in [0.4, 0.5) is 4.39 Å². The van der Waals surface area contributed by atoms with Crippen LogP contribution in [0.15, 0.2) is 18.3 Å². The molecule has 1 aliphatic heterocycles. The molecule has 16 heavy (non-hydrogen) atoms. The lowest BCUT2D eigenvalue weighted by Crippen LogP contribution is -2.37. The van der Waals surface area contributed by atoms with Gasteiger partial charge in [-0.05, 0) is 18.9 Å². The number of aromatic nitrogens is 1. The van der Waals surface area contributed by atoms with Crippen LogP contribution in [0.5, 0.6) is 0 Å². The number of hydrogen-bond donors (Lipinski definition) is 0. The lowest BCUT2D eigenvalue weighted by atomic mass is 9.91. The van der Waals surface area contributed by atoms with E-state index in [0.29, 0.717) is 12.1 Å². The minimum absolute atomic E-state index is 0.0639. The first-order valence-corrected chi connectivity index (χ1v) is 5.54. The first-order chi connectivity index (χ1) is 7.68. The highest BCUT2D eigenvalue weighted by Gasteiger charge is 2.24. The largest absolute Gasteiger partial charge is 0.342 e. The second-order valence-electron chi connectivity index (χ2n) is 4.19. The quantitative estimate of drug-likeness (QED) is 0.680. The average molecular weight is 222 g/mol. The number of hydrogen-bond acceptors (Lipinski definition) is 2. The van der Waals surface area contributed by atoms with Crippen LogP contribution in [-0.2, 0) is 4.79 Å². The minimum atomic E-state index is -0.405. The third kappa shape index (κ3) is 2.21. The van der Waals surface area contributed by atoms with Crippen LogP contribution in [0, 0.1) is 5.95 Å². The Morgan fingerprint density at radius 3 is 3.12 bits per heavy atom. The van der Waals surface area contributed by atoms with Crippen molar-refractivity contribution in [3.05, 3.63) is 29.8 Å². The molecule has 0 radical (unpaired) electrons. The van der Waals surface area contributed by atoms with Gasteiger partial charge in [0.25, 0.3) is 0 Å². The lowest BCUT2D eigenvalue weighted by molar-refractivity contribution is -0.130. The summed E-state index contributed by atoms with van der Waals surface area (Å²) >= 11 is 0. The molecule has 0 spiro atoms. The molecule has 0 N–H and O–H groups in total. The van der Waals surface area contributed by atoms with Gasteiger partial charge in [0.05, 0.1) is 0 Å². The molecular formula is C12H15FN2O. The van der Waals surface area contributed by atoms with Crippen molar-refractivity contribution in [3.63, 3.8) is 0 Å². The highest BCUT2D eigenvalue weighted by atomic mass is 19.1. The summed E-state index contributed by atoms with van der Waals surface area (Å²) in [5.41, 5.74) is 0.633. The molecule has 1 fully saturated rings. The van der Waals surface area contributed by atoms with Gasteiger partial charge in [0.1, 0.15) is 0 Å². The van der Waals surface area contributed by atoms with E-state index in [2.05, 4.69) is 4.98 Å². The molecule has 1 atom stereocenters. The van der Waals surface area contributed by atoms with Gasteiger partial charge in [-0.3, -0.25) is 4.79 Å². The molecule has 0 bridgehead atoms. The van der Waals surface area contributed by atoms with E-state index in [1.165, 1.54) is 6.20 Å². The van der Waals surface area contributed by atoms with E-state index < -0.39 is 5.95 Å². The fourth-order valence-electron chi connectivity index (χ4n) is 2.22. The SMILES string of the molecule is CC(=O)N1CCCC(c2cccnc2F)C1. The van der Waals surface area contributed by atoms with Gasteiger partial charge in [-0.25, -0.2) is 4.98 Å². The maximum Gasteiger partial charge on any atom is 0.219 e. The first-order valence-electron chi connectivity index (χ1n) is 5.54. The molecule has 0 aromatic carbocycles. The molecular weight excluding hydrogens is 207 g/mol. The monoisotopic (exact) mass is 222 g/mol. The Morgan fingerprint density at radius 2 is 2.44 bits per heavy atom. The van der Waals surface area contributed by atoms with Gasteiger partial charge in [-0.1, -0.05) is 6.07 Å². The average Bonchev–Trinajstić information content (AvgIpc) is 2.30. The number of likely N-dealkylation sites (tertiary alicyclic amines) is 1. The topological polar surface area (TPSA) is 33.2 Å². The van der Waals surface area contributed by atoms with Gasteiger partial charge in [0.15, 0.2) is 0 Å². The van der Waals surface area contributed by atoms with E-state index in [1.807, 2.05) is 0 Å². The molecule has 2 rings (SSSR count). The van der Waals surface area contributed by atoms with Crippen LogP contribution in [0.1, 0.15) is 31.2 Å². The van der Waals surface area contributed by atoms with Crippen LogP contribution in [0.3, 0.4) is 0 Å². The van der Waals surface area contributed by atoms with Crippen molar-refractivity contribution in [3.8, 4) is 0 Å². The van der Waals surface area contributed by atoms with Crippen molar-refractivity contribution < 1.29 is 9.18 Å². The normalized spacial score (nSPS) is 20.9. The number of nitrogens with zero attached hydrogens (tertiary/aromatic N) is 2. The van der Waals surface area contributed by atoms with Crippen molar-refractivity contribution in [1.82, 2.24) is 9.88 Å². The van der Waals surface area contributed by atoms with Crippen molar-refractivity contribution in [2.24, 2.45) is 0 Å². The standard InChI is InChI=1S/C12H15FN2O/c1-9(16)15-7-3-4-10(8-15)11-5-2-6-14-12(11)13/h2,5-6,10H,3-4,7-8H2,1H3. The summed E-state index contributed by atoms with van der Waals surface area (Å²) in [6.07, 6.45) is 3.30. The van der Waals surface area contributed by atoms with E-state index in [1.54, 1.807) is 24.0 Å². The van der Waals surface area contributed by atoms with Gasteiger partial charge >= 0.3 is 0 Å². The Morgan fingerprint density at radius 1 is 1.62 bits per heavy atom. The van der Waals surface area contributed by atoms with Crippen LogP contribution < -0.4 is 0 Å². The summed E-state index contributed by atoms with van der Waals surface area (Å²) < 4.78 is 13.5. The Labute approximate surface area is 94.3 Å². The lowest BCUT2D eigenvalue weighted by Gasteiger charge is -2.32. The molecule has 2 heterocycles. The van der Waals surface area contributed by atoms with Gasteiger partial charge in [0, 0.05) is 37.7 Å². The molecule has 1 unspecified atom stereocenters. The van der Waals surface area contributed by atoms with Crippen LogP contribution in [0.2, 0.25) is 0 Å². The number of amides is 1. The van der Waals surface area contributed by atoms with Crippen molar-refractivity contribution in [2.75, 3.05) is 13.1 Å². The Kier molecular flexibility index (Phi) is 3.17. The summed E-state index contributed by atoms with van der Waals surface area (Å²) in [6, 6.07) is 3.50. The molecule has 0 saturated carbocycles. The second-order valence-corrected chi connectivity index (χ2v) is 4.19. The summed E-state index contributed by atoms with van der Waals surface area (Å²) in [5, 5.41) is 0. The van der Waals surface area contributed by atoms with Crippen LogP contribution in [-0.4, -0.2) is 28.9 Å². The number of halogens is 1. The number of rotatable bonds is 1. The Bertz CT molecular complexity index is 394. The van der Waals surface area contributed by atoms with E-state index in [0.717, 1.165) is 19.4 Å². The van der Waals surface area contributed by atoms with Crippen molar-refractivity contribution in [2.45, 2.75) is 25.7 Å². The molecule has 1 aromatic rings. The number of pyridine rings is 1. The highest BCUT2D eigenvalue weighted by Crippen LogP contribution is 2.27. The van der Waals surface area contributed by atoms with Crippen molar-refractivity contribution >= 4 is 5.91 Å². The maximum absolute atomic E-state index is 13.5. The Balaban J connectivity index is 2.16. The summed E-state index contributed by atoms with van der Waals surface area (Å²) in [6.45, 7) is 2.95. The first kappa shape index (κ1) is 11.0. The van der Waals surface area contributed by atoms with Gasteiger partial charge in [-0.15, -0.1) is 0 Å². The second kappa shape index (κ2) is 4.60. The fraction of sp³-hybridized carbons (Fsp3) is 0.500. The molecule has 86 valence electrons. The zero-order chi connectivity index (χ0) is 11.5. The third-order valence-corrected chi connectivity index (χ3v) is 3.09. The van der Waals surface area contributed by atoms with Gasteiger partial charge < -0.3 is 4.90 Å². The van der Waals surface area contributed by atoms with Crippen LogP contribution >= 0.6 is 0 Å². The molecule has 1 aromatic heterocycles. The molecule has 1 aliphatic rings. The number of carbonyl (C=O) groups is 1. The number of piperidine rings is 1. The maximum atomic E-state index is 13.5. The minimum Gasteiger partial charge on any atom is -0.342 e. The Hall–Kier alpha value is -1.45. The van der Waals surface area contributed by atoms with Crippen molar-refractivity contribution in [1.29, 1.82) is 0 Å². The molecule has 1 saturated heterocycles. The van der Waals surface area contributed by atoms with E-state index in [4.69, 9.17) is 0 Å². The zero-order valence-corrected chi connectivity index (χ0v) is 9.32.